The fourth-order valence-electron chi connectivity index (χ4n) is 1.53. The third-order valence-corrected chi connectivity index (χ3v) is 2.66. The monoisotopic (exact) mass is 249 g/mol. The summed E-state index contributed by atoms with van der Waals surface area (Å²) in [7, 11) is 1.59. The number of benzene rings is 1. The molecule has 0 saturated carbocycles. The lowest BCUT2D eigenvalue weighted by molar-refractivity contribution is -0.123. The Morgan fingerprint density at radius 3 is 2.50 bits per heavy atom. The number of hydrogen-bond acceptors (Lipinski definition) is 3. The van der Waals surface area contributed by atoms with Crippen LogP contribution in [-0.2, 0) is 4.79 Å². The average molecular weight is 249 g/mol. The summed E-state index contributed by atoms with van der Waals surface area (Å²) in [4.78, 5) is 23.2. The molecule has 0 fully saturated rings. The quantitative estimate of drug-likeness (QED) is 0.812. The van der Waals surface area contributed by atoms with Gasteiger partial charge in [0, 0.05) is 11.5 Å². The minimum absolute atomic E-state index is 0.0305. The van der Waals surface area contributed by atoms with Crippen LogP contribution in [0.3, 0.4) is 0 Å². The molecule has 0 saturated heterocycles. The van der Waals surface area contributed by atoms with Crippen LogP contribution in [0.15, 0.2) is 18.2 Å². The van der Waals surface area contributed by atoms with Gasteiger partial charge in [0.25, 0.3) is 0 Å². The van der Waals surface area contributed by atoms with Crippen LogP contribution in [0.5, 0.6) is 5.75 Å². The van der Waals surface area contributed by atoms with Crippen molar-refractivity contribution in [2.24, 2.45) is 5.92 Å². The predicted molar refractivity (Wildman–Crippen MR) is 69.9 cm³/mol. The van der Waals surface area contributed by atoms with Crippen molar-refractivity contribution in [1.82, 2.24) is 5.32 Å². The summed E-state index contributed by atoms with van der Waals surface area (Å²) in [5, 5.41) is 2.61. The average Bonchev–Trinajstić information content (AvgIpc) is 2.35. The molecule has 1 amide bonds. The van der Waals surface area contributed by atoms with Crippen molar-refractivity contribution in [3.8, 4) is 5.75 Å². The molecule has 0 aliphatic carbocycles. The molecule has 1 rings (SSSR count). The first kappa shape index (κ1) is 14.2. The Balaban J connectivity index is 2.68. The predicted octanol–water partition coefficient (Wildman–Crippen LogP) is 1.96. The van der Waals surface area contributed by atoms with Gasteiger partial charge in [-0.1, -0.05) is 13.8 Å². The number of carbonyl (C=O) groups excluding carboxylic acids is 2. The topological polar surface area (TPSA) is 55.4 Å². The molecule has 4 heteroatoms. The molecule has 0 spiro atoms. The van der Waals surface area contributed by atoms with Gasteiger partial charge >= 0.3 is 0 Å². The summed E-state index contributed by atoms with van der Waals surface area (Å²) in [6.45, 7) is 5.49. The molecule has 1 aromatic rings. The molecule has 98 valence electrons. The van der Waals surface area contributed by atoms with Crippen LogP contribution in [0.1, 0.15) is 29.8 Å². The molecule has 0 bridgehead atoms. The highest BCUT2D eigenvalue weighted by molar-refractivity contribution is 5.99. The summed E-state index contributed by atoms with van der Waals surface area (Å²) >= 11 is 0. The molecule has 0 aromatic heterocycles. The third-order valence-electron chi connectivity index (χ3n) is 2.66. The number of nitrogens with one attached hydrogen (secondary N) is 1. The van der Waals surface area contributed by atoms with Gasteiger partial charge in [0.2, 0.25) is 5.91 Å². The number of hydrogen-bond donors (Lipinski definition) is 1. The lowest BCUT2D eigenvalue weighted by Gasteiger charge is -2.09. The Kier molecular flexibility index (Phi) is 4.89. The maximum absolute atomic E-state index is 11.9. The van der Waals surface area contributed by atoms with Crippen LogP contribution in [0.2, 0.25) is 0 Å². The van der Waals surface area contributed by atoms with E-state index in [0.717, 1.165) is 11.3 Å². The van der Waals surface area contributed by atoms with Gasteiger partial charge in [-0.2, -0.15) is 0 Å². The largest absolute Gasteiger partial charge is 0.496 e. The van der Waals surface area contributed by atoms with E-state index in [0.29, 0.717) is 5.56 Å². The maximum Gasteiger partial charge on any atom is 0.222 e. The standard InChI is InChI=1S/C14H19NO3/c1-9(2)14(17)15-8-12(16)11-5-6-13(18-4)10(3)7-11/h5-7,9H,8H2,1-4H3,(H,15,17). The normalized spacial score (nSPS) is 10.3. The molecular weight excluding hydrogens is 230 g/mol. The van der Waals surface area contributed by atoms with Gasteiger partial charge in [-0.15, -0.1) is 0 Å². The molecule has 18 heavy (non-hydrogen) atoms. The molecule has 0 radical (unpaired) electrons. The molecule has 0 unspecified atom stereocenters. The number of aryl methyl sites for hydroxylation is 1. The van der Waals surface area contributed by atoms with Crippen molar-refractivity contribution >= 4 is 11.7 Å². The van der Waals surface area contributed by atoms with Crippen molar-refractivity contribution in [2.45, 2.75) is 20.8 Å². The van der Waals surface area contributed by atoms with Crippen LogP contribution < -0.4 is 10.1 Å². The fraction of sp³-hybridized carbons (Fsp3) is 0.429. The Morgan fingerprint density at radius 2 is 2.00 bits per heavy atom. The minimum atomic E-state index is -0.117. The lowest BCUT2D eigenvalue weighted by atomic mass is 10.1. The second-order valence-electron chi connectivity index (χ2n) is 4.48. The number of ketones is 1. The number of ether oxygens (including phenoxy) is 1. The SMILES string of the molecule is COc1ccc(C(=O)CNC(=O)C(C)C)cc1C. The van der Waals surface area contributed by atoms with Crippen molar-refractivity contribution in [1.29, 1.82) is 0 Å². The number of carbonyl (C=O) groups is 2. The van der Waals surface area contributed by atoms with Gasteiger partial charge in [0.15, 0.2) is 5.78 Å². The minimum Gasteiger partial charge on any atom is -0.496 e. The molecular formula is C14H19NO3. The van der Waals surface area contributed by atoms with Gasteiger partial charge in [-0.25, -0.2) is 0 Å². The number of Topliss-reactive ketones (excluding diaryl/α,β-unsaturated/α-hetero) is 1. The highest BCUT2D eigenvalue weighted by Gasteiger charge is 2.11. The number of methoxy groups -OCH3 is 1. The fourth-order valence-corrected chi connectivity index (χ4v) is 1.53. The third kappa shape index (κ3) is 3.58. The zero-order chi connectivity index (χ0) is 13.7. The molecule has 0 atom stereocenters. The van der Waals surface area contributed by atoms with Gasteiger partial charge in [-0.3, -0.25) is 9.59 Å². The van der Waals surface area contributed by atoms with E-state index in [1.165, 1.54) is 0 Å². The molecule has 1 aromatic carbocycles. The Morgan fingerprint density at radius 1 is 1.33 bits per heavy atom. The summed E-state index contributed by atoms with van der Waals surface area (Å²) in [6, 6.07) is 5.23. The van der Waals surface area contributed by atoms with E-state index >= 15 is 0 Å². The van der Waals surface area contributed by atoms with E-state index in [1.807, 2.05) is 6.92 Å². The smallest absolute Gasteiger partial charge is 0.222 e. The molecule has 0 heterocycles. The highest BCUT2D eigenvalue weighted by Crippen LogP contribution is 2.18. The van der Waals surface area contributed by atoms with Gasteiger partial charge in [-0.05, 0) is 30.7 Å². The van der Waals surface area contributed by atoms with Gasteiger partial charge < -0.3 is 10.1 Å². The van der Waals surface area contributed by atoms with Crippen LogP contribution >= 0.6 is 0 Å². The number of amides is 1. The lowest BCUT2D eigenvalue weighted by Crippen LogP contribution is -2.32. The second-order valence-corrected chi connectivity index (χ2v) is 4.48. The van der Waals surface area contributed by atoms with E-state index in [4.69, 9.17) is 4.74 Å². The first-order valence-electron chi connectivity index (χ1n) is 5.91. The van der Waals surface area contributed by atoms with Crippen molar-refractivity contribution < 1.29 is 14.3 Å². The highest BCUT2D eigenvalue weighted by atomic mass is 16.5. The Hall–Kier alpha value is -1.84. The first-order valence-corrected chi connectivity index (χ1v) is 5.91. The van der Waals surface area contributed by atoms with Crippen LogP contribution in [-0.4, -0.2) is 25.3 Å². The second kappa shape index (κ2) is 6.19. The summed E-state index contributed by atoms with van der Waals surface area (Å²) < 4.78 is 5.13. The molecule has 4 nitrogen and oxygen atoms in total. The zero-order valence-electron chi connectivity index (χ0n) is 11.2. The van der Waals surface area contributed by atoms with Crippen LogP contribution in [0.4, 0.5) is 0 Å². The van der Waals surface area contributed by atoms with Crippen molar-refractivity contribution in [3.05, 3.63) is 29.3 Å². The van der Waals surface area contributed by atoms with Crippen LogP contribution in [0, 0.1) is 12.8 Å². The molecule has 0 aliphatic rings. The van der Waals surface area contributed by atoms with E-state index in [-0.39, 0.29) is 24.2 Å². The molecule has 1 N–H and O–H groups in total. The summed E-state index contributed by atoms with van der Waals surface area (Å²) in [5.74, 6) is 0.413. The first-order chi connectivity index (χ1) is 8.45. The summed E-state index contributed by atoms with van der Waals surface area (Å²) in [6.07, 6.45) is 0. The molecule has 0 aliphatic heterocycles. The van der Waals surface area contributed by atoms with Crippen LogP contribution in [0.25, 0.3) is 0 Å². The van der Waals surface area contributed by atoms with E-state index in [2.05, 4.69) is 5.32 Å². The van der Waals surface area contributed by atoms with E-state index in [1.54, 1.807) is 39.2 Å². The summed E-state index contributed by atoms with van der Waals surface area (Å²) in [5.41, 5.74) is 1.48. The Labute approximate surface area is 107 Å². The number of rotatable bonds is 5. The van der Waals surface area contributed by atoms with Gasteiger partial charge in [0.05, 0.1) is 13.7 Å². The van der Waals surface area contributed by atoms with Gasteiger partial charge in [0.1, 0.15) is 5.75 Å². The zero-order valence-corrected chi connectivity index (χ0v) is 11.2. The van der Waals surface area contributed by atoms with E-state index < -0.39 is 0 Å². The Bertz CT molecular complexity index is 452. The van der Waals surface area contributed by atoms with Crippen molar-refractivity contribution in [2.75, 3.05) is 13.7 Å². The maximum atomic E-state index is 11.9. The van der Waals surface area contributed by atoms with E-state index in [9.17, 15) is 9.59 Å². The van der Waals surface area contributed by atoms with Crippen molar-refractivity contribution in [3.63, 3.8) is 0 Å².